The minimum atomic E-state index is -0.364. The Hall–Kier alpha value is -0.670. The topological polar surface area (TPSA) is 32.9 Å². The number of benzene rings is 1. The highest BCUT2D eigenvalue weighted by Crippen LogP contribution is 2.37. The van der Waals surface area contributed by atoms with Crippen LogP contribution in [0.3, 0.4) is 0 Å². The van der Waals surface area contributed by atoms with Gasteiger partial charge < -0.3 is 4.98 Å². The monoisotopic (exact) mass is 307 g/mol. The van der Waals surface area contributed by atoms with E-state index in [-0.39, 0.29) is 10.6 Å². The highest BCUT2D eigenvalue weighted by molar-refractivity contribution is 6.42. The fourth-order valence-corrected chi connectivity index (χ4v) is 2.63. The van der Waals surface area contributed by atoms with Crippen LogP contribution in [0.1, 0.15) is 0 Å². The van der Waals surface area contributed by atoms with Crippen LogP contribution in [-0.4, -0.2) is 4.98 Å². The number of nitrogens with one attached hydrogen (secondary N) is 1. The van der Waals surface area contributed by atoms with E-state index in [2.05, 4.69) is 4.98 Å². The molecule has 0 radical (unpaired) electrons. The molecule has 2 aromatic rings. The smallest absolute Gasteiger partial charge is 0.266 e. The molecule has 2 nitrogen and oxygen atoms in total. The minimum absolute atomic E-state index is 0.0737. The van der Waals surface area contributed by atoms with E-state index in [1.165, 1.54) is 12.3 Å². The van der Waals surface area contributed by atoms with Crippen molar-refractivity contribution >= 4 is 46.4 Å². The summed E-state index contributed by atoms with van der Waals surface area (Å²) in [6, 6.07) is 4.65. The van der Waals surface area contributed by atoms with Crippen LogP contribution in [0, 0.1) is 0 Å². The molecule has 0 fully saturated rings. The predicted molar refractivity (Wildman–Crippen MR) is 72.5 cm³/mol. The molecule has 0 atom stereocenters. The fraction of sp³-hybridized carbons (Fsp3) is 0. The summed E-state index contributed by atoms with van der Waals surface area (Å²) in [7, 11) is 0. The summed E-state index contributed by atoms with van der Waals surface area (Å²) in [5.41, 5.74) is 0.841. The van der Waals surface area contributed by atoms with Gasteiger partial charge in [-0.15, -0.1) is 0 Å². The Morgan fingerprint density at radius 3 is 2.00 bits per heavy atom. The van der Waals surface area contributed by atoms with E-state index in [4.69, 9.17) is 46.4 Å². The molecule has 0 aliphatic rings. The van der Waals surface area contributed by atoms with Crippen molar-refractivity contribution in [2.75, 3.05) is 0 Å². The van der Waals surface area contributed by atoms with Gasteiger partial charge in [-0.2, -0.15) is 0 Å². The first-order valence-electron chi connectivity index (χ1n) is 4.52. The van der Waals surface area contributed by atoms with Crippen LogP contribution in [0.5, 0.6) is 0 Å². The van der Waals surface area contributed by atoms with Gasteiger partial charge in [-0.1, -0.05) is 46.4 Å². The fourth-order valence-electron chi connectivity index (χ4n) is 1.42. The van der Waals surface area contributed by atoms with Crippen LogP contribution in [0.4, 0.5) is 0 Å². The van der Waals surface area contributed by atoms with Gasteiger partial charge in [0.1, 0.15) is 5.02 Å². The molecule has 17 heavy (non-hydrogen) atoms. The van der Waals surface area contributed by atoms with E-state index in [0.29, 0.717) is 26.2 Å². The van der Waals surface area contributed by atoms with Crippen LogP contribution >= 0.6 is 46.4 Å². The van der Waals surface area contributed by atoms with E-state index in [0.717, 1.165) is 0 Å². The lowest BCUT2D eigenvalue weighted by Gasteiger charge is -2.07. The second-order valence-electron chi connectivity index (χ2n) is 3.31. The lowest BCUT2D eigenvalue weighted by Crippen LogP contribution is -2.04. The second-order valence-corrected chi connectivity index (χ2v) is 4.97. The summed E-state index contributed by atoms with van der Waals surface area (Å²) in [5.74, 6) is 0. The van der Waals surface area contributed by atoms with Crippen LogP contribution in [0.25, 0.3) is 11.1 Å². The Kier molecular flexibility index (Phi) is 3.69. The summed E-state index contributed by atoms with van der Waals surface area (Å²) >= 11 is 23.7. The molecule has 1 aromatic heterocycles. The average Bonchev–Trinajstić information content (AvgIpc) is 2.21. The molecule has 0 aliphatic heterocycles. The Balaban J connectivity index is 2.68. The SMILES string of the molecule is O=c1[nH]cc(-c2c(Cl)cc(Cl)cc2Cl)cc1Cl. The van der Waals surface area contributed by atoms with Crippen molar-refractivity contribution in [2.45, 2.75) is 0 Å². The van der Waals surface area contributed by atoms with Gasteiger partial charge in [0.15, 0.2) is 0 Å². The molecule has 1 N–H and O–H groups in total. The van der Waals surface area contributed by atoms with Crippen molar-refractivity contribution in [3.8, 4) is 11.1 Å². The number of H-pyrrole nitrogens is 1. The van der Waals surface area contributed by atoms with Crippen molar-refractivity contribution < 1.29 is 0 Å². The van der Waals surface area contributed by atoms with Crippen molar-refractivity contribution in [3.63, 3.8) is 0 Å². The molecule has 0 unspecified atom stereocenters. The molecule has 2 rings (SSSR count). The molecule has 0 saturated carbocycles. The number of rotatable bonds is 1. The third-order valence-electron chi connectivity index (χ3n) is 2.15. The normalized spacial score (nSPS) is 10.6. The molecule has 0 aliphatic carbocycles. The van der Waals surface area contributed by atoms with E-state index in [1.807, 2.05) is 0 Å². The van der Waals surface area contributed by atoms with Crippen molar-refractivity contribution in [1.29, 1.82) is 0 Å². The average molecular weight is 309 g/mol. The first-order chi connectivity index (χ1) is 7.99. The van der Waals surface area contributed by atoms with Gasteiger partial charge in [-0.3, -0.25) is 4.79 Å². The summed E-state index contributed by atoms with van der Waals surface area (Å²) in [4.78, 5) is 13.6. The van der Waals surface area contributed by atoms with E-state index >= 15 is 0 Å². The first kappa shape index (κ1) is 12.8. The van der Waals surface area contributed by atoms with Gasteiger partial charge in [0.05, 0.1) is 10.0 Å². The van der Waals surface area contributed by atoms with Crippen LogP contribution < -0.4 is 5.56 Å². The van der Waals surface area contributed by atoms with Crippen LogP contribution in [-0.2, 0) is 0 Å². The Morgan fingerprint density at radius 2 is 1.47 bits per heavy atom. The number of pyridine rings is 1. The first-order valence-corrected chi connectivity index (χ1v) is 6.03. The maximum Gasteiger partial charge on any atom is 0.266 e. The van der Waals surface area contributed by atoms with Crippen molar-refractivity contribution in [1.82, 2.24) is 4.98 Å². The van der Waals surface area contributed by atoms with Gasteiger partial charge in [0, 0.05) is 22.3 Å². The minimum Gasteiger partial charge on any atom is -0.327 e. The van der Waals surface area contributed by atoms with Gasteiger partial charge in [-0.05, 0) is 18.2 Å². The molecule has 88 valence electrons. The molecule has 0 bridgehead atoms. The molecular weight excluding hydrogens is 304 g/mol. The summed E-state index contributed by atoms with van der Waals surface area (Å²) in [6.07, 6.45) is 1.50. The largest absolute Gasteiger partial charge is 0.327 e. The van der Waals surface area contributed by atoms with Crippen LogP contribution in [0.15, 0.2) is 29.2 Å². The van der Waals surface area contributed by atoms with E-state index in [1.54, 1.807) is 12.1 Å². The van der Waals surface area contributed by atoms with Gasteiger partial charge >= 0.3 is 0 Å². The summed E-state index contributed by atoms with van der Waals surface area (Å²) in [6.45, 7) is 0. The number of hydrogen-bond acceptors (Lipinski definition) is 1. The van der Waals surface area contributed by atoms with Crippen molar-refractivity contribution in [2.24, 2.45) is 0 Å². The van der Waals surface area contributed by atoms with Gasteiger partial charge in [0.2, 0.25) is 0 Å². The molecule has 6 heteroatoms. The maximum atomic E-state index is 11.2. The number of aromatic nitrogens is 1. The standard InChI is InChI=1S/C11H5Cl4NO/c12-6-2-7(13)10(8(14)3-6)5-1-9(15)11(17)16-4-5/h1-4H,(H,16,17). The van der Waals surface area contributed by atoms with E-state index in [9.17, 15) is 4.79 Å². The molecular formula is C11H5Cl4NO. The zero-order valence-electron chi connectivity index (χ0n) is 8.23. The van der Waals surface area contributed by atoms with Crippen LogP contribution in [0.2, 0.25) is 20.1 Å². The Morgan fingerprint density at radius 1 is 0.882 bits per heavy atom. The number of halogens is 4. The second kappa shape index (κ2) is 4.91. The molecule has 0 spiro atoms. The molecule has 0 saturated heterocycles. The highest BCUT2D eigenvalue weighted by Gasteiger charge is 2.11. The Bertz CT molecular complexity index is 613. The quantitative estimate of drug-likeness (QED) is 0.817. The lowest BCUT2D eigenvalue weighted by atomic mass is 10.1. The third kappa shape index (κ3) is 2.61. The molecule has 1 heterocycles. The summed E-state index contributed by atoms with van der Waals surface area (Å²) < 4.78 is 0. The number of aromatic amines is 1. The predicted octanol–water partition coefficient (Wildman–Crippen LogP) is 4.66. The van der Waals surface area contributed by atoms with E-state index < -0.39 is 0 Å². The maximum absolute atomic E-state index is 11.2. The van der Waals surface area contributed by atoms with Gasteiger partial charge in [-0.25, -0.2) is 0 Å². The molecule has 0 amide bonds. The zero-order valence-corrected chi connectivity index (χ0v) is 11.3. The third-order valence-corrected chi connectivity index (χ3v) is 3.25. The van der Waals surface area contributed by atoms with Crippen molar-refractivity contribution in [3.05, 3.63) is 54.8 Å². The summed E-state index contributed by atoms with van der Waals surface area (Å²) in [5, 5.41) is 1.31. The highest BCUT2D eigenvalue weighted by atomic mass is 35.5. The lowest BCUT2D eigenvalue weighted by molar-refractivity contribution is 1.24. The Labute approximate surface area is 117 Å². The van der Waals surface area contributed by atoms with Gasteiger partial charge in [0.25, 0.3) is 5.56 Å². The zero-order chi connectivity index (χ0) is 12.6. The number of hydrogen-bond donors (Lipinski definition) is 1. The molecule has 1 aromatic carbocycles.